The predicted molar refractivity (Wildman–Crippen MR) is 112 cm³/mol. The number of hydrogen-bond acceptors (Lipinski definition) is 4. The summed E-state index contributed by atoms with van der Waals surface area (Å²) >= 11 is 0. The van der Waals surface area contributed by atoms with Crippen LogP contribution in [-0.2, 0) is 27.7 Å². The van der Waals surface area contributed by atoms with Gasteiger partial charge in [-0.2, -0.15) is 0 Å². The Labute approximate surface area is 166 Å². The highest BCUT2D eigenvalue weighted by Crippen LogP contribution is 2.32. The molecule has 0 aliphatic carbocycles. The number of sulfonamides is 1. The molecule has 0 bridgehead atoms. The second kappa shape index (κ2) is 8.65. The Balaban J connectivity index is 1.71. The Bertz CT molecular complexity index is 939. The molecule has 0 unspecified atom stereocenters. The zero-order chi connectivity index (χ0) is 20.1. The number of benzene rings is 2. The lowest BCUT2D eigenvalue weighted by Crippen LogP contribution is -2.37. The molecular weight excluding hydrogens is 376 g/mol. The van der Waals surface area contributed by atoms with Crippen LogP contribution in [-0.4, -0.2) is 33.7 Å². The van der Waals surface area contributed by atoms with E-state index < -0.39 is 10.0 Å². The molecule has 1 aliphatic rings. The Morgan fingerprint density at radius 3 is 2.61 bits per heavy atom. The van der Waals surface area contributed by atoms with Crippen LogP contribution in [0.25, 0.3) is 0 Å². The molecule has 150 valence electrons. The van der Waals surface area contributed by atoms with Gasteiger partial charge >= 0.3 is 0 Å². The summed E-state index contributed by atoms with van der Waals surface area (Å²) < 4.78 is 31.6. The first-order chi connectivity index (χ1) is 13.4. The van der Waals surface area contributed by atoms with Crippen molar-refractivity contribution in [3.63, 3.8) is 0 Å². The topological polar surface area (TPSA) is 75.7 Å². The Morgan fingerprint density at radius 2 is 1.93 bits per heavy atom. The maximum Gasteiger partial charge on any atom is 0.235 e. The van der Waals surface area contributed by atoms with Gasteiger partial charge in [0, 0.05) is 12.2 Å². The SMILES string of the molecule is CCCS(=O)(=O)N1CCCc2cc(NC(=O)Cc3ccc(OC)cc3)ccc21. The molecule has 1 N–H and O–H groups in total. The average molecular weight is 403 g/mol. The van der Waals surface area contributed by atoms with Crippen LogP contribution in [0.15, 0.2) is 42.5 Å². The summed E-state index contributed by atoms with van der Waals surface area (Å²) in [7, 11) is -1.69. The number of nitrogens with zero attached hydrogens (tertiary/aromatic N) is 1. The third-order valence-corrected chi connectivity index (χ3v) is 6.74. The highest BCUT2D eigenvalue weighted by molar-refractivity contribution is 7.92. The standard InChI is InChI=1S/C21H26N2O4S/c1-3-13-28(25,26)23-12-4-5-17-15-18(8-11-20(17)23)22-21(24)14-16-6-9-19(27-2)10-7-16/h6-11,15H,3-5,12-14H2,1-2H3,(H,22,24). The van der Waals surface area contributed by atoms with Crippen LogP contribution in [0.4, 0.5) is 11.4 Å². The molecule has 1 aliphatic heterocycles. The maximum absolute atomic E-state index is 12.5. The highest BCUT2D eigenvalue weighted by Gasteiger charge is 2.26. The quantitative estimate of drug-likeness (QED) is 0.770. The van der Waals surface area contributed by atoms with Gasteiger partial charge in [-0.1, -0.05) is 19.1 Å². The van der Waals surface area contributed by atoms with Crippen LogP contribution in [0, 0.1) is 0 Å². The van der Waals surface area contributed by atoms with E-state index >= 15 is 0 Å². The monoisotopic (exact) mass is 402 g/mol. The zero-order valence-corrected chi connectivity index (χ0v) is 17.1. The van der Waals surface area contributed by atoms with Gasteiger partial charge in [0.2, 0.25) is 15.9 Å². The van der Waals surface area contributed by atoms with Gasteiger partial charge in [-0.05, 0) is 60.7 Å². The molecule has 0 radical (unpaired) electrons. The third-order valence-electron chi connectivity index (χ3n) is 4.76. The van der Waals surface area contributed by atoms with Gasteiger partial charge in [-0.3, -0.25) is 9.10 Å². The van der Waals surface area contributed by atoms with E-state index in [1.54, 1.807) is 19.2 Å². The van der Waals surface area contributed by atoms with Crippen molar-refractivity contribution in [3.8, 4) is 5.75 Å². The molecule has 0 aromatic heterocycles. The second-order valence-corrected chi connectivity index (χ2v) is 8.92. The van der Waals surface area contributed by atoms with Crippen molar-refractivity contribution in [1.29, 1.82) is 0 Å². The van der Waals surface area contributed by atoms with Crippen molar-refractivity contribution in [1.82, 2.24) is 0 Å². The first kappa shape index (κ1) is 20.2. The van der Waals surface area contributed by atoms with Crippen LogP contribution < -0.4 is 14.4 Å². The normalized spacial score (nSPS) is 13.7. The fourth-order valence-corrected chi connectivity index (χ4v) is 5.05. The van der Waals surface area contributed by atoms with E-state index in [4.69, 9.17) is 4.74 Å². The van der Waals surface area contributed by atoms with E-state index in [-0.39, 0.29) is 18.1 Å². The molecule has 2 aromatic carbocycles. The molecule has 3 rings (SSSR count). The smallest absolute Gasteiger partial charge is 0.235 e. The van der Waals surface area contributed by atoms with Crippen LogP contribution >= 0.6 is 0 Å². The number of carbonyl (C=O) groups is 1. The minimum absolute atomic E-state index is 0.114. The van der Waals surface area contributed by atoms with Gasteiger partial charge in [-0.25, -0.2) is 8.42 Å². The lowest BCUT2D eigenvalue weighted by atomic mass is 10.0. The Hall–Kier alpha value is -2.54. The number of fused-ring (bicyclic) bond motifs is 1. The minimum atomic E-state index is -3.29. The summed E-state index contributed by atoms with van der Waals surface area (Å²) in [6.07, 6.45) is 2.43. The van der Waals surface area contributed by atoms with E-state index in [9.17, 15) is 13.2 Å². The molecule has 2 aromatic rings. The zero-order valence-electron chi connectivity index (χ0n) is 16.3. The van der Waals surface area contributed by atoms with E-state index in [2.05, 4.69) is 5.32 Å². The van der Waals surface area contributed by atoms with Crippen molar-refractivity contribution in [3.05, 3.63) is 53.6 Å². The summed E-state index contributed by atoms with van der Waals surface area (Å²) in [5.41, 5.74) is 3.26. The van der Waals surface area contributed by atoms with Gasteiger partial charge < -0.3 is 10.1 Å². The molecule has 1 heterocycles. The molecule has 0 atom stereocenters. The van der Waals surface area contributed by atoms with E-state index in [0.717, 1.165) is 35.4 Å². The molecular formula is C21H26N2O4S. The number of anilines is 2. The lowest BCUT2D eigenvalue weighted by Gasteiger charge is -2.30. The third kappa shape index (κ3) is 4.65. The minimum Gasteiger partial charge on any atom is -0.497 e. The van der Waals surface area contributed by atoms with Crippen LogP contribution in [0.5, 0.6) is 5.75 Å². The van der Waals surface area contributed by atoms with Crippen LogP contribution in [0.3, 0.4) is 0 Å². The fraction of sp³-hybridized carbons (Fsp3) is 0.381. The van der Waals surface area contributed by atoms with Gasteiger partial charge in [0.05, 0.1) is 25.0 Å². The van der Waals surface area contributed by atoms with Crippen molar-refractivity contribution in [2.75, 3.05) is 29.0 Å². The second-order valence-electron chi connectivity index (χ2n) is 6.91. The van der Waals surface area contributed by atoms with E-state index in [1.807, 2.05) is 37.3 Å². The van der Waals surface area contributed by atoms with Gasteiger partial charge in [0.1, 0.15) is 5.75 Å². The number of rotatable bonds is 7. The van der Waals surface area contributed by atoms with Crippen molar-refractivity contribution in [2.24, 2.45) is 0 Å². The fourth-order valence-electron chi connectivity index (χ4n) is 3.43. The van der Waals surface area contributed by atoms with Crippen LogP contribution in [0.1, 0.15) is 30.9 Å². The number of aryl methyl sites for hydroxylation is 1. The number of ether oxygens (including phenoxy) is 1. The molecule has 6 nitrogen and oxygen atoms in total. The summed E-state index contributed by atoms with van der Waals surface area (Å²) in [5.74, 6) is 0.782. The lowest BCUT2D eigenvalue weighted by molar-refractivity contribution is -0.115. The summed E-state index contributed by atoms with van der Waals surface area (Å²) in [6.45, 7) is 2.38. The summed E-state index contributed by atoms with van der Waals surface area (Å²) in [5, 5.41) is 2.91. The number of hydrogen-bond donors (Lipinski definition) is 1. The van der Waals surface area contributed by atoms with Crippen molar-refractivity contribution in [2.45, 2.75) is 32.6 Å². The van der Waals surface area contributed by atoms with Crippen molar-refractivity contribution < 1.29 is 17.9 Å². The highest BCUT2D eigenvalue weighted by atomic mass is 32.2. The number of amides is 1. The van der Waals surface area contributed by atoms with Gasteiger partial charge in [0.25, 0.3) is 0 Å². The Kier molecular flexibility index (Phi) is 6.24. The molecule has 28 heavy (non-hydrogen) atoms. The molecule has 0 saturated heterocycles. The molecule has 7 heteroatoms. The maximum atomic E-state index is 12.5. The first-order valence-electron chi connectivity index (χ1n) is 9.49. The number of nitrogens with one attached hydrogen (secondary N) is 1. The Morgan fingerprint density at radius 1 is 1.18 bits per heavy atom. The van der Waals surface area contributed by atoms with Gasteiger partial charge in [-0.15, -0.1) is 0 Å². The summed E-state index contributed by atoms with van der Waals surface area (Å²) in [6, 6.07) is 12.8. The predicted octanol–water partition coefficient (Wildman–Crippen LogP) is 3.37. The molecule has 0 saturated carbocycles. The number of methoxy groups -OCH3 is 1. The number of carbonyl (C=O) groups excluding carboxylic acids is 1. The molecule has 1 amide bonds. The van der Waals surface area contributed by atoms with E-state index in [1.165, 1.54) is 4.31 Å². The van der Waals surface area contributed by atoms with Crippen LogP contribution in [0.2, 0.25) is 0 Å². The average Bonchev–Trinajstić information content (AvgIpc) is 2.67. The largest absolute Gasteiger partial charge is 0.497 e. The molecule has 0 spiro atoms. The molecule has 0 fully saturated rings. The van der Waals surface area contributed by atoms with E-state index in [0.29, 0.717) is 18.7 Å². The van der Waals surface area contributed by atoms with Gasteiger partial charge in [0.15, 0.2) is 0 Å². The van der Waals surface area contributed by atoms with Crippen molar-refractivity contribution >= 4 is 27.3 Å². The first-order valence-corrected chi connectivity index (χ1v) is 11.1. The summed E-state index contributed by atoms with van der Waals surface area (Å²) in [4.78, 5) is 12.4.